The van der Waals surface area contributed by atoms with Crippen LogP contribution in [0.4, 0.5) is 0 Å². The van der Waals surface area contributed by atoms with Crippen molar-refractivity contribution in [1.82, 2.24) is 5.32 Å². The molecule has 174 valence electrons. The quantitative estimate of drug-likeness (QED) is 0.574. The first kappa shape index (κ1) is 23.2. The summed E-state index contributed by atoms with van der Waals surface area (Å²) in [6.07, 6.45) is 1.12. The number of dihydropyridines is 1. The Balaban J connectivity index is 1.67. The van der Waals surface area contributed by atoms with E-state index in [2.05, 4.69) is 19.2 Å². The first-order valence-corrected chi connectivity index (χ1v) is 11.3. The van der Waals surface area contributed by atoms with Crippen LogP contribution in [-0.2, 0) is 20.9 Å². The molecule has 1 aliphatic heterocycles. The molecule has 2 heterocycles. The summed E-state index contributed by atoms with van der Waals surface area (Å²) >= 11 is 6.08. The zero-order valence-electron chi connectivity index (χ0n) is 19.5. The van der Waals surface area contributed by atoms with Crippen LogP contribution >= 0.6 is 11.6 Å². The van der Waals surface area contributed by atoms with Gasteiger partial charge >= 0.3 is 5.97 Å². The Hall–Kier alpha value is -2.99. The lowest BCUT2D eigenvalue weighted by molar-refractivity contribution is -0.136. The molecule has 1 unspecified atom stereocenters. The summed E-state index contributed by atoms with van der Waals surface area (Å²) in [7, 11) is 1.34. The van der Waals surface area contributed by atoms with E-state index in [1.807, 2.05) is 26.0 Å². The molecule has 0 spiro atoms. The minimum absolute atomic E-state index is 0.0125. The Morgan fingerprint density at radius 2 is 1.97 bits per heavy atom. The molecule has 33 heavy (non-hydrogen) atoms. The molecule has 0 saturated heterocycles. The van der Waals surface area contributed by atoms with Crippen molar-refractivity contribution in [2.75, 3.05) is 7.11 Å². The smallest absolute Gasteiger partial charge is 0.336 e. The average molecular weight is 470 g/mol. The van der Waals surface area contributed by atoms with Gasteiger partial charge in [-0.15, -0.1) is 0 Å². The van der Waals surface area contributed by atoms with Gasteiger partial charge in [0.25, 0.3) is 0 Å². The molecule has 1 aromatic carbocycles. The van der Waals surface area contributed by atoms with Gasteiger partial charge in [0.1, 0.15) is 23.9 Å². The second-order valence-electron chi connectivity index (χ2n) is 9.43. The van der Waals surface area contributed by atoms with Crippen molar-refractivity contribution in [1.29, 1.82) is 0 Å². The van der Waals surface area contributed by atoms with Crippen molar-refractivity contribution in [2.45, 2.75) is 53.1 Å². The third-order valence-corrected chi connectivity index (χ3v) is 6.55. The van der Waals surface area contributed by atoms with Gasteiger partial charge in [-0.25, -0.2) is 4.79 Å². The van der Waals surface area contributed by atoms with Crippen LogP contribution in [0.1, 0.15) is 56.6 Å². The number of rotatable bonds is 5. The van der Waals surface area contributed by atoms with Crippen LogP contribution in [0.3, 0.4) is 0 Å². The van der Waals surface area contributed by atoms with E-state index >= 15 is 0 Å². The van der Waals surface area contributed by atoms with Crippen LogP contribution in [0.2, 0.25) is 5.02 Å². The van der Waals surface area contributed by atoms with E-state index in [9.17, 15) is 9.59 Å². The predicted molar refractivity (Wildman–Crippen MR) is 125 cm³/mol. The first-order valence-electron chi connectivity index (χ1n) is 10.9. The van der Waals surface area contributed by atoms with Crippen molar-refractivity contribution in [3.8, 4) is 5.75 Å². The zero-order valence-corrected chi connectivity index (χ0v) is 20.3. The largest absolute Gasteiger partial charge is 0.486 e. The fourth-order valence-electron chi connectivity index (χ4n) is 4.59. The fourth-order valence-corrected chi connectivity index (χ4v) is 4.71. The Morgan fingerprint density at radius 3 is 2.67 bits per heavy atom. The number of halogens is 1. The molecule has 0 bridgehead atoms. The second kappa shape index (κ2) is 8.75. The van der Waals surface area contributed by atoms with E-state index in [-0.39, 0.29) is 17.8 Å². The monoisotopic (exact) mass is 469 g/mol. The minimum Gasteiger partial charge on any atom is -0.486 e. The van der Waals surface area contributed by atoms with Gasteiger partial charge in [0.05, 0.1) is 18.6 Å². The summed E-state index contributed by atoms with van der Waals surface area (Å²) in [4.78, 5) is 25.9. The fraction of sp³-hybridized carbons (Fsp3) is 0.385. The van der Waals surface area contributed by atoms with Crippen LogP contribution in [0.25, 0.3) is 0 Å². The number of furan rings is 1. The SMILES string of the molecule is COC(=O)C1=C(C)NC2=C(C(=O)CC(C)(C)C2)C1c1ccc(COc2ccc(Cl)c(C)c2)o1. The van der Waals surface area contributed by atoms with E-state index in [1.165, 1.54) is 7.11 Å². The number of hydrogen-bond donors (Lipinski definition) is 1. The molecule has 0 radical (unpaired) electrons. The molecule has 7 heteroatoms. The van der Waals surface area contributed by atoms with Gasteiger partial charge in [0.15, 0.2) is 5.78 Å². The maximum Gasteiger partial charge on any atom is 0.336 e. The third kappa shape index (κ3) is 4.58. The maximum atomic E-state index is 13.2. The number of nitrogens with one attached hydrogen (secondary N) is 1. The van der Waals surface area contributed by atoms with Crippen LogP contribution in [0.15, 0.2) is 57.3 Å². The number of Topliss-reactive ketones (excluding diaryl/α,β-unsaturated/α-hetero) is 1. The number of aryl methyl sites for hydroxylation is 1. The highest BCUT2D eigenvalue weighted by molar-refractivity contribution is 6.31. The Morgan fingerprint density at radius 1 is 1.21 bits per heavy atom. The number of ketones is 1. The highest BCUT2D eigenvalue weighted by Gasteiger charge is 2.44. The number of esters is 1. The predicted octanol–water partition coefficient (Wildman–Crippen LogP) is 5.60. The summed E-state index contributed by atoms with van der Waals surface area (Å²) in [5.41, 5.74) is 3.25. The van der Waals surface area contributed by atoms with Gasteiger partial charge in [0, 0.05) is 28.4 Å². The molecule has 1 aromatic heterocycles. The molecule has 1 aliphatic carbocycles. The number of benzene rings is 1. The van der Waals surface area contributed by atoms with Crippen molar-refractivity contribution in [3.63, 3.8) is 0 Å². The topological polar surface area (TPSA) is 77.8 Å². The van der Waals surface area contributed by atoms with Crippen LogP contribution < -0.4 is 10.1 Å². The molecular formula is C26H28ClNO5. The lowest BCUT2D eigenvalue weighted by Crippen LogP contribution is -2.38. The number of allylic oxidation sites excluding steroid dienone is 3. The van der Waals surface area contributed by atoms with E-state index in [0.29, 0.717) is 52.0 Å². The van der Waals surface area contributed by atoms with E-state index in [1.54, 1.807) is 18.2 Å². The average Bonchev–Trinajstić information content (AvgIpc) is 3.21. The second-order valence-corrected chi connectivity index (χ2v) is 9.83. The summed E-state index contributed by atoms with van der Waals surface area (Å²) in [5.74, 6) is 0.686. The van der Waals surface area contributed by atoms with Crippen LogP contribution in [0, 0.1) is 12.3 Å². The summed E-state index contributed by atoms with van der Waals surface area (Å²) in [6, 6.07) is 9.06. The van der Waals surface area contributed by atoms with E-state index < -0.39 is 11.9 Å². The summed E-state index contributed by atoms with van der Waals surface area (Å²) in [6.45, 7) is 8.08. The lowest BCUT2D eigenvalue weighted by atomic mass is 9.69. The molecule has 4 rings (SSSR count). The Kier molecular flexibility index (Phi) is 6.14. The summed E-state index contributed by atoms with van der Waals surface area (Å²) < 4.78 is 17.0. The van der Waals surface area contributed by atoms with Crippen LogP contribution in [-0.4, -0.2) is 18.9 Å². The van der Waals surface area contributed by atoms with Crippen LogP contribution in [0.5, 0.6) is 5.75 Å². The molecule has 1 N–H and O–H groups in total. The van der Waals surface area contributed by atoms with Gasteiger partial charge in [-0.2, -0.15) is 0 Å². The Labute approximate surface area is 198 Å². The number of carbonyl (C=O) groups excluding carboxylic acids is 2. The van der Waals surface area contributed by atoms with Crippen molar-refractivity contribution < 1.29 is 23.5 Å². The molecule has 6 nitrogen and oxygen atoms in total. The van der Waals surface area contributed by atoms with Gasteiger partial charge in [-0.3, -0.25) is 4.79 Å². The first-order chi connectivity index (χ1) is 15.6. The molecular weight excluding hydrogens is 442 g/mol. The van der Waals surface area contributed by atoms with Gasteiger partial charge in [-0.05, 0) is 61.6 Å². The molecule has 0 fully saturated rings. The third-order valence-electron chi connectivity index (χ3n) is 6.12. The molecule has 0 saturated carbocycles. The van der Waals surface area contributed by atoms with Crippen molar-refractivity contribution >= 4 is 23.4 Å². The van der Waals surface area contributed by atoms with Gasteiger partial charge in [-0.1, -0.05) is 25.4 Å². The molecule has 0 amide bonds. The lowest BCUT2D eigenvalue weighted by Gasteiger charge is -2.38. The highest BCUT2D eigenvalue weighted by atomic mass is 35.5. The van der Waals surface area contributed by atoms with Gasteiger partial charge in [0.2, 0.25) is 0 Å². The van der Waals surface area contributed by atoms with E-state index in [4.69, 9.17) is 25.5 Å². The minimum atomic E-state index is -0.621. The normalized spacial score (nSPS) is 19.8. The number of carbonyl (C=O) groups is 2. The van der Waals surface area contributed by atoms with Crippen molar-refractivity contribution in [3.05, 3.63) is 75.0 Å². The van der Waals surface area contributed by atoms with Gasteiger partial charge < -0.3 is 19.2 Å². The standard InChI is InChI=1S/C26H28ClNO5/c1-14-10-16(6-8-18(14)27)32-13-17-7-9-21(33-17)24-22(25(30)31-5)15(2)28-19-11-26(3,4)12-20(29)23(19)24/h6-10,24,28H,11-13H2,1-5H3. The Bertz CT molecular complexity index is 1190. The number of methoxy groups -OCH3 is 1. The summed E-state index contributed by atoms with van der Waals surface area (Å²) in [5, 5.41) is 3.97. The number of hydrogen-bond acceptors (Lipinski definition) is 6. The zero-order chi connectivity index (χ0) is 23.9. The molecule has 1 atom stereocenters. The van der Waals surface area contributed by atoms with Crippen molar-refractivity contribution in [2.24, 2.45) is 5.41 Å². The number of ether oxygens (including phenoxy) is 2. The molecule has 2 aromatic rings. The molecule has 2 aliphatic rings. The highest BCUT2D eigenvalue weighted by Crippen LogP contribution is 2.47. The van der Waals surface area contributed by atoms with E-state index in [0.717, 1.165) is 11.3 Å². The maximum absolute atomic E-state index is 13.2.